The predicted octanol–water partition coefficient (Wildman–Crippen LogP) is 3.29. The highest BCUT2D eigenvalue weighted by Crippen LogP contribution is 2.24. The first-order chi connectivity index (χ1) is 10.0. The Bertz CT molecular complexity index is 667. The zero-order valence-electron chi connectivity index (χ0n) is 12.0. The molecular weight excluding hydrogens is 284 g/mol. The quantitative estimate of drug-likeness (QED) is 0.860. The topological polar surface area (TPSA) is 72.2 Å². The first-order valence-electron chi connectivity index (χ1n) is 6.95. The summed E-state index contributed by atoms with van der Waals surface area (Å²) in [5, 5.41) is 8.54. The van der Waals surface area contributed by atoms with E-state index in [-0.39, 0.29) is 10.9 Å². The van der Waals surface area contributed by atoms with E-state index < -0.39 is 10.0 Å². The molecule has 2 aromatic rings. The van der Waals surface area contributed by atoms with Crippen molar-refractivity contribution >= 4 is 15.7 Å². The summed E-state index contributed by atoms with van der Waals surface area (Å²) in [5.74, 6) is 0. The Morgan fingerprint density at radius 2 is 1.67 bits per heavy atom. The Balaban J connectivity index is 2.18. The number of hydrogen-bond acceptors (Lipinski definition) is 3. The molecular formula is C16H20N2O2S. The summed E-state index contributed by atoms with van der Waals surface area (Å²) >= 11 is 0. The molecule has 21 heavy (non-hydrogen) atoms. The molecule has 2 aromatic carbocycles. The van der Waals surface area contributed by atoms with Gasteiger partial charge in [-0.25, -0.2) is 13.6 Å². The Hall–Kier alpha value is -1.85. The molecule has 0 aromatic heterocycles. The van der Waals surface area contributed by atoms with E-state index >= 15 is 0 Å². The minimum absolute atomic E-state index is 0.125. The van der Waals surface area contributed by atoms with Crippen molar-refractivity contribution in [2.24, 2.45) is 5.14 Å². The number of sulfonamides is 1. The second-order valence-electron chi connectivity index (χ2n) is 4.97. The van der Waals surface area contributed by atoms with Crippen molar-refractivity contribution in [3.63, 3.8) is 0 Å². The summed E-state index contributed by atoms with van der Waals surface area (Å²) < 4.78 is 22.5. The van der Waals surface area contributed by atoms with Crippen molar-refractivity contribution in [3.8, 4) is 0 Å². The van der Waals surface area contributed by atoms with E-state index in [1.165, 1.54) is 17.7 Å². The largest absolute Gasteiger partial charge is 0.378 e. The van der Waals surface area contributed by atoms with Gasteiger partial charge in [0, 0.05) is 5.69 Å². The zero-order chi connectivity index (χ0) is 15.3. The third kappa shape index (κ3) is 4.31. The molecule has 4 nitrogen and oxygen atoms in total. The lowest BCUT2D eigenvalue weighted by molar-refractivity contribution is 0.598. The first kappa shape index (κ1) is 15.5. The van der Waals surface area contributed by atoms with Gasteiger partial charge in [0.05, 0.1) is 10.9 Å². The van der Waals surface area contributed by atoms with Gasteiger partial charge in [-0.1, -0.05) is 43.7 Å². The molecule has 0 amide bonds. The van der Waals surface area contributed by atoms with E-state index in [0.29, 0.717) is 0 Å². The molecule has 5 heteroatoms. The molecule has 1 atom stereocenters. The summed E-state index contributed by atoms with van der Waals surface area (Å²) in [7, 11) is -3.64. The lowest BCUT2D eigenvalue weighted by Crippen LogP contribution is -2.13. The van der Waals surface area contributed by atoms with Gasteiger partial charge < -0.3 is 5.32 Å². The number of nitrogens with two attached hydrogens (primary N) is 1. The average molecular weight is 304 g/mol. The molecule has 3 N–H and O–H groups in total. The van der Waals surface area contributed by atoms with E-state index in [1.807, 2.05) is 18.2 Å². The zero-order valence-corrected chi connectivity index (χ0v) is 12.8. The van der Waals surface area contributed by atoms with Crippen LogP contribution in [-0.2, 0) is 10.0 Å². The van der Waals surface area contributed by atoms with Crippen molar-refractivity contribution in [2.45, 2.75) is 30.7 Å². The van der Waals surface area contributed by atoms with Crippen LogP contribution in [0.25, 0.3) is 0 Å². The van der Waals surface area contributed by atoms with Crippen LogP contribution >= 0.6 is 0 Å². The van der Waals surface area contributed by atoms with Crippen molar-refractivity contribution < 1.29 is 8.42 Å². The number of primary sulfonamides is 1. The maximum Gasteiger partial charge on any atom is 0.238 e. The minimum Gasteiger partial charge on any atom is -0.378 e. The normalized spacial score (nSPS) is 12.9. The molecule has 0 fully saturated rings. The van der Waals surface area contributed by atoms with Crippen LogP contribution in [0.2, 0.25) is 0 Å². The smallest absolute Gasteiger partial charge is 0.238 e. The predicted molar refractivity (Wildman–Crippen MR) is 85.5 cm³/mol. The molecule has 0 spiro atoms. The van der Waals surface area contributed by atoms with Crippen molar-refractivity contribution in [1.29, 1.82) is 0 Å². The Kier molecular flexibility index (Phi) is 4.98. The van der Waals surface area contributed by atoms with Gasteiger partial charge in [-0.15, -0.1) is 0 Å². The average Bonchev–Trinajstić information content (AvgIpc) is 2.47. The van der Waals surface area contributed by atoms with Crippen LogP contribution < -0.4 is 10.5 Å². The van der Waals surface area contributed by atoms with E-state index in [2.05, 4.69) is 24.4 Å². The molecule has 2 rings (SSSR count). The van der Waals surface area contributed by atoms with Gasteiger partial charge in [-0.05, 0) is 36.2 Å². The van der Waals surface area contributed by atoms with Gasteiger partial charge in [0.25, 0.3) is 0 Å². The standard InChI is InChI=1S/C16H20N2O2S/c1-2-6-16(13-7-4-3-5-8-13)18-14-9-11-15(12-10-14)21(17,19)20/h3-5,7-12,16,18H,2,6H2,1H3,(H2,17,19,20). The number of rotatable bonds is 6. The van der Waals surface area contributed by atoms with Crippen LogP contribution in [0, 0.1) is 0 Å². The number of hydrogen-bond donors (Lipinski definition) is 2. The molecule has 0 bridgehead atoms. The highest BCUT2D eigenvalue weighted by molar-refractivity contribution is 7.89. The summed E-state index contributed by atoms with van der Waals surface area (Å²) in [6.07, 6.45) is 2.06. The molecule has 0 radical (unpaired) electrons. The van der Waals surface area contributed by atoms with Gasteiger partial charge in [-0.3, -0.25) is 0 Å². The third-order valence-electron chi connectivity index (χ3n) is 3.30. The lowest BCUT2D eigenvalue weighted by Gasteiger charge is -2.20. The Morgan fingerprint density at radius 1 is 1.05 bits per heavy atom. The van der Waals surface area contributed by atoms with Crippen LogP contribution in [0.1, 0.15) is 31.4 Å². The lowest BCUT2D eigenvalue weighted by atomic mass is 10.0. The molecule has 0 heterocycles. The van der Waals surface area contributed by atoms with Crippen LogP contribution in [0.15, 0.2) is 59.5 Å². The van der Waals surface area contributed by atoms with Crippen molar-refractivity contribution in [2.75, 3.05) is 5.32 Å². The summed E-state index contributed by atoms with van der Waals surface area (Å²) in [6, 6.07) is 16.9. The van der Waals surface area contributed by atoms with Crippen LogP contribution in [0.5, 0.6) is 0 Å². The fourth-order valence-corrected chi connectivity index (χ4v) is 2.75. The molecule has 1 unspecified atom stereocenters. The van der Waals surface area contributed by atoms with Gasteiger partial charge in [0.15, 0.2) is 0 Å². The van der Waals surface area contributed by atoms with Crippen molar-refractivity contribution in [1.82, 2.24) is 0 Å². The molecule has 0 aliphatic carbocycles. The Labute approximate surface area is 126 Å². The number of nitrogens with one attached hydrogen (secondary N) is 1. The van der Waals surface area contributed by atoms with E-state index in [4.69, 9.17) is 5.14 Å². The van der Waals surface area contributed by atoms with Crippen LogP contribution in [0.4, 0.5) is 5.69 Å². The van der Waals surface area contributed by atoms with Crippen LogP contribution in [-0.4, -0.2) is 8.42 Å². The molecule has 0 saturated heterocycles. The second kappa shape index (κ2) is 6.74. The highest BCUT2D eigenvalue weighted by Gasteiger charge is 2.11. The first-order valence-corrected chi connectivity index (χ1v) is 8.49. The second-order valence-corrected chi connectivity index (χ2v) is 6.53. The van der Waals surface area contributed by atoms with Gasteiger partial charge in [0.2, 0.25) is 10.0 Å². The molecule has 0 saturated carbocycles. The van der Waals surface area contributed by atoms with Crippen molar-refractivity contribution in [3.05, 3.63) is 60.2 Å². The molecule has 112 valence electrons. The van der Waals surface area contributed by atoms with Gasteiger partial charge >= 0.3 is 0 Å². The summed E-state index contributed by atoms with van der Waals surface area (Å²) in [4.78, 5) is 0.125. The van der Waals surface area contributed by atoms with Crippen LogP contribution in [0.3, 0.4) is 0 Å². The Morgan fingerprint density at radius 3 is 2.19 bits per heavy atom. The van der Waals surface area contributed by atoms with E-state index in [9.17, 15) is 8.42 Å². The number of benzene rings is 2. The van der Waals surface area contributed by atoms with Gasteiger partial charge in [0.1, 0.15) is 0 Å². The maximum atomic E-state index is 11.2. The summed E-state index contributed by atoms with van der Waals surface area (Å²) in [5.41, 5.74) is 2.10. The highest BCUT2D eigenvalue weighted by atomic mass is 32.2. The monoisotopic (exact) mass is 304 g/mol. The minimum atomic E-state index is -3.64. The molecule has 0 aliphatic heterocycles. The summed E-state index contributed by atoms with van der Waals surface area (Å²) in [6.45, 7) is 2.14. The third-order valence-corrected chi connectivity index (χ3v) is 4.23. The van der Waals surface area contributed by atoms with E-state index in [1.54, 1.807) is 12.1 Å². The number of anilines is 1. The SMILES string of the molecule is CCCC(Nc1ccc(S(N)(=O)=O)cc1)c1ccccc1. The van der Waals surface area contributed by atoms with E-state index in [0.717, 1.165) is 18.5 Å². The molecule has 0 aliphatic rings. The maximum absolute atomic E-state index is 11.2. The van der Waals surface area contributed by atoms with Gasteiger partial charge in [-0.2, -0.15) is 0 Å². The fourth-order valence-electron chi connectivity index (χ4n) is 2.24. The fraction of sp³-hybridized carbons (Fsp3) is 0.250.